The maximum absolute atomic E-state index is 5.26. The van der Waals surface area contributed by atoms with Gasteiger partial charge in [0.1, 0.15) is 5.75 Å². The smallest absolute Gasteiger partial charge is 0.119 e. The second kappa shape index (κ2) is 7.32. The zero-order valence-corrected chi connectivity index (χ0v) is 16.3. The molecule has 0 atom stereocenters. The molecule has 5 nitrogen and oxygen atoms in total. The van der Waals surface area contributed by atoms with Gasteiger partial charge in [0.2, 0.25) is 0 Å². The van der Waals surface area contributed by atoms with Gasteiger partial charge in [-0.2, -0.15) is 5.10 Å². The summed E-state index contributed by atoms with van der Waals surface area (Å²) < 4.78 is 5.26. The number of aromatic nitrogens is 2. The van der Waals surface area contributed by atoms with Crippen LogP contribution in [0.25, 0.3) is 11.3 Å². The summed E-state index contributed by atoms with van der Waals surface area (Å²) in [6, 6.07) is 17.1. The van der Waals surface area contributed by atoms with Crippen LogP contribution in [-0.4, -0.2) is 48.4 Å². The zero-order chi connectivity index (χ0) is 18.9. The lowest BCUT2D eigenvalue weighted by Crippen LogP contribution is -2.46. The molecule has 1 saturated heterocycles. The standard InChI is InChI=1S/C23H26N4O/c1-28-19-9-7-18(8-10-19)27-14-12-26(13-15-27)16-22-21-11-6-17-4-2-3-5-20(17)23(21)25-24-22/h2-5,7-10H,6,11-16H2,1H3,(H,24,25). The molecular weight excluding hydrogens is 348 g/mol. The Kier molecular flexibility index (Phi) is 4.53. The van der Waals surface area contributed by atoms with E-state index in [4.69, 9.17) is 9.84 Å². The van der Waals surface area contributed by atoms with Crippen LogP contribution >= 0.6 is 0 Å². The average Bonchev–Trinajstić information content (AvgIpc) is 3.18. The number of nitrogens with zero attached hydrogens (tertiary/aromatic N) is 3. The van der Waals surface area contributed by atoms with Gasteiger partial charge in [0.25, 0.3) is 0 Å². The molecule has 5 heteroatoms. The van der Waals surface area contributed by atoms with E-state index in [9.17, 15) is 0 Å². The van der Waals surface area contributed by atoms with Gasteiger partial charge in [-0.1, -0.05) is 24.3 Å². The zero-order valence-electron chi connectivity index (χ0n) is 16.3. The third kappa shape index (κ3) is 3.16. The highest BCUT2D eigenvalue weighted by Gasteiger charge is 2.24. The van der Waals surface area contributed by atoms with E-state index in [1.54, 1.807) is 7.11 Å². The first-order valence-corrected chi connectivity index (χ1v) is 10.1. The molecule has 144 valence electrons. The van der Waals surface area contributed by atoms with Crippen LogP contribution in [-0.2, 0) is 19.4 Å². The van der Waals surface area contributed by atoms with Gasteiger partial charge in [-0.05, 0) is 42.7 Å². The van der Waals surface area contributed by atoms with Crippen LogP contribution in [0.2, 0.25) is 0 Å². The molecule has 1 fully saturated rings. The highest BCUT2D eigenvalue weighted by molar-refractivity contribution is 5.70. The third-order valence-electron chi connectivity index (χ3n) is 6.07. The molecule has 0 bridgehead atoms. The minimum Gasteiger partial charge on any atom is -0.497 e. The van der Waals surface area contributed by atoms with Crippen molar-refractivity contribution in [2.24, 2.45) is 0 Å². The first kappa shape index (κ1) is 17.3. The average molecular weight is 374 g/mol. The van der Waals surface area contributed by atoms with Crippen LogP contribution < -0.4 is 9.64 Å². The van der Waals surface area contributed by atoms with Gasteiger partial charge >= 0.3 is 0 Å². The van der Waals surface area contributed by atoms with Crippen molar-refractivity contribution in [2.45, 2.75) is 19.4 Å². The fourth-order valence-corrected chi connectivity index (χ4v) is 4.44. The third-order valence-corrected chi connectivity index (χ3v) is 6.07. The second-order valence-corrected chi connectivity index (χ2v) is 7.64. The van der Waals surface area contributed by atoms with Crippen molar-refractivity contribution in [3.63, 3.8) is 0 Å². The van der Waals surface area contributed by atoms with Crippen LogP contribution in [0.5, 0.6) is 5.75 Å². The van der Waals surface area contributed by atoms with E-state index in [0.29, 0.717) is 0 Å². The monoisotopic (exact) mass is 374 g/mol. The number of methoxy groups -OCH3 is 1. The predicted octanol–water partition coefficient (Wildman–Crippen LogP) is 3.51. The van der Waals surface area contributed by atoms with E-state index in [0.717, 1.165) is 51.3 Å². The SMILES string of the molecule is COc1ccc(N2CCN(Cc3n[nH]c4c3CCc3ccccc3-4)CC2)cc1. The number of aromatic amines is 1. The van der Waals surface area contributed by atoms with Crippen molar-refractivity contribution in [1.29, 1.82) is 0 Å². The molecule has 0 saturated carbocycles. The molecular formula is C23H26N4O. The van der Waals surface area contributed by atoms with Gasteiger partial charge in [0, 0.05) is 49.5 Å². The highest BCUT2D eigenvalue weighted by Crippen LogP contribution is 2.33. The van der Waals surface area contributed by atoms with Gasteiger partial charge in [-0.3, -0.25) is 10.00 Å². The van der Waals surface area contributed by atoms with Gasteiger partial charge in [0.05, 0.1) is 18.5 Å². The summed E-state index contributed by atoms with van der Waals surface area (Å²) >= 11 is 0. The number of ether oxygens (including phenoxy) is 1. The lowest BCUT2D eigenvalue weighted by atomic mass is 9.89. The highest BCUT2D eigenvalue weighted by atomic mass is 16.5. The van der Waals surface area contributed by atoms with E-state index in [2.05, 4.69) is 51.3 Å². The molecule has 0 radical (unpaired) electrons. The number of nitrogens with one attached hydrogen (secondary N) is 1. The van der Waals surface area contributed by atoms with Crippen LogP contribution in [0, 0.1) is 0 Å². The minimum atomic E-state index is 0.910. The van der Waals surface area contributed by atoms with E-state index in [1.165, 1.54) is 33.8 Å². The molecule has 3 aromatic rings. The molecule has 0 amide bonds. The van der Waals surface area contributed by atoms with E-state index < -0.39 is 0 Å². The molecule has 5 rings (SSSR count). The maximum atomic E-state index is 5.26. The number of anilines is 1. The molecule has 1 aliphatic carbocycles. The Bertz CT molecular complexity index is 955. The summed E-state index contributed by atoms with van der Waals surface area (Å²) in [6.07, 6.45) is 2.20. The lowest BCUT2D eigenvalue weighted by molar-refractivity contribution is 0.246. The molecule has 0 unspecified atom stereocenters. The van der Waals surface area contributed by atoms with Crippen molar-refractivity contribution in [2.75, 3.05) is 38.2 Å². The van der Waals surface area contributed by atoms with Crippen LogP contribution in [0.3, 0.4) is 0 Å². The minimum absolute atomic E-state index is 0.910. The van der Waals surface area contributed by atoms with Crippen molar-refractivity contribution in [1.82, 2.24) is 15.1 Å². The molecule has 1 N–H and O–H groups in total. The summed E-state index contributed by atoms with van der Waals surface area (Å²) in [5.74, 6) is 0.910. The number of benzene rings is 2. The maximum Gasteiger partial charge on any atom is 0.119 e. The van der Waals surface area contributed by atoms with Gasteiger partial charge in [0.15, 0.2) is 0 Å². The van der Waals surface area contributed by atoms with Crippen molar-refractivity contribution < 1.29 is 4.74 Å². The van der Waals surface area contributed by atoms with Gasteiger partial charge < -0.3 is 9.64 Å². The normalized spacial score (nSPS) is 16.5. The summed E-state index contributed by atoms with van der Waals surface area (Å²) in [4.78, 5) is 4.98. The van der Waals surface area contributed by atoms with E-state index in [1.807, 2.05) is 12.1 Å². The first-order chi connectivity index (χ1) is 13.8. The van der Waals surface area contributed by atoms with Crippen LogP contribution in [0.1, 0.15) is 16.8 Å². The Morgan fingerprint density at radius 3 is 2.54 bits per heavy atom. The Morgan fingerprint density at radius 1 is 0.964 bits per heavy atom. The fraction of sp³-hybridized carbons (Fsp3) is 0.348. The summed E-state index contributed by atoms with van der Waals surface area (Å²) in [5, 5.41) is 8.01. The van der Waals surface area contributed by atoms with Gasteiger partial charge in [-0.15, -0.1) is 0 Å². The molecule has 2 aromatic carbocycles. The van der Waals surface area contributed by atoms with Crippen molar-refractivity contribution in [3.8, 4) is 17.0 Å². The molecule has 0 spiro atoms. The van der Waals surface area contributed by atoms with E-state index >= 15 is 0 Å². The second-order valence-electron chi connectivity index (χ2n) is 7.64. The number of hydrogen-bond donors (Lipinski definition) is 1. The molecule has 1 aliphatic heterocycles. The van der Waals surface area contributed by atoms with E-state index in [-0.39, 0.29) is 0 Å². The summed E-state index contributed by atoms with van der Waals surface area (Å²) in [5.41, 5.74) is 7.90. The van der Waals surface area contributed by atoms with Crippen molar-refractivity contribution >= 4 is 5.69 Å². The Balaban J connectivity index is 1.25. The van der Waals surface area contributed by atoms with Crippen molar-refractivity contribution in [3.05, 3.63) is 65.4 Å². The largest absolute Gasteiger partial charge is 0.497 e. The first-order valence-electron chi connectivity index (χ1n) is 10.1. The summed E-state index contributed by atoms with van der Waals surface area (Å²) in [7, 11) is 1.71. The number of aryl methyl sites for hydroxylation is 1. The fourth-order valence-electron chi connectivity index (χ4n) is 4.44. The Morgan fingerprint density at radius 2 is 1.75 bits per heavy atom. The Labute approximate surface area is 165 Å². The number of H-pyrrole nitrogens is 1. The number of fused-ring (bicyclic) bond motifs is 3. The molecule has 1 aromatic heterocycles. The van der Waals surface area contributed by atoms with Gasteiger partial charge in [-0.25, -0.2) is 0 Å². The topological polar surface area (TPSA) is 44.4 Å². The molecule has 2 aliphatic rings. The number of hydrogen-bond acceptors (Lipinski definition) is 4. The molecule has 2 heterocycles. The molecule has 28 heavy (non-hydrogen) atoms. The number of piperazine rings is 1. The number of rotatable bonds is 4. The predicted molar refractivity (Wildman–Crippen MR) is 112 cm³/mol. The van der Waals surface area contributed by atoms with Crippen LogP contribution in [0.15, 0.2) is 48.5 Å². The Hall–Kier alpha value is -2.79. The lowest BCUT2D eigenvalue weighted by Gasteiger charge is -2.36. The quantitative estimate of drug-likeness (QED) is 0.759. The summed E-state index contributed by atoms with van der Waals surface area (Å²) in [6.45, 7) is 5.14. The van der Waals surface area contributed by atoms with Crippen LogP contribution in [0.4, 0.5) is 5.69 Å².